The second-order valence-electron chi connectivity index (χ2n) is 5.59. The number of hydrogen-bond donors (Lipinski definition) is 1. The highest BCUT2D eigenvalue weighted by Gasteiger charge is 1.99. The van der Waals surface area contributed by atoms with Crippen molar-refractivity contribution in [2.75, 3.05) is 20.1 Å². The lowest BCUT2D eigenvalue weighted by molar-refractivity contribution is 0.317. The van der Waals surface area contributed by atoms with E-state index in [2.05, 4.69) is 77.9 Å². The van der Waals surface area contributed by atoms with Crippen LogP contribution in [0.4, 0.5) is 0 Å². The summed E-state index contributed by atoms with van der Waals surface area (Å²) in [5, 5.41) is 3.51. The maximum absolute atomic E-state index is 3.51. The summed E-state index contributed by atoms with van der Waals surface area (Å²) in [5.74, 6) is 0. The first-order valence-corrected chi connectivity index (χ1v) is 7.82. The summed E-state index contributed by atoms with van der Waals surface area (Å²) >= 11 is 0. The van der Waals surface area contributed by atoms with Gasteiger partial charge in [-0.15, -0.1) is 0 Å². The minimum atomic E-state index is 0.973. The average molecular weight is 282 g/mol. The predicted molar refractivity (Wildman–Crippen MR) is 90.2 cm³/mol. The van der Waals surface area contributed by atoms with E-state index in [0.717, 1.165) is 26.2 Å². The summed E-state index contributed by atoms with van der Waals surface area (Å²) in [6, 6.07) is 21.3. The highest BCUT2D eigenvalue weighted by atomic mass is 15.1. The largest absolute Gasteiger partial charge is 0.313 e. The van der Waals surface area contributed by atoms with E-state index in [1.807, 2.05) is 0 Å². The minimum Gasteiger partial charge on any atom is -0.313 e. The highest BCUT2D eigenvalue weighted by molar-refractivity contribution is 5.14. The Morgan fingerprint density at radius 2 is 1.43 bits per heavy atom. The number of hydrogen-bond acceptors (Lipinski definition) is 2. The first-order chi connectivity index (χ1) is 10.3. The minimum absolute atomic E-state index is 0.973. The van der Waals surface area contributed by atoms with Gasteiger partial charge in [0.1, 0.15) is 0 Å². The molecule has 2 aromatic carbocycles. The van der Waals surface area contributed by atoms with Gasteiger partial charge in [-0.1, -0.05) is 60.7 Å². The predicted octanol–water partition coefficient (Wildman–Crippen LogP) is 3.69. The maximum atomic E-state index is 3.51. The van der Waals surface area contributed by atoms with Crippen LogP contribution in [0.15, 0.2) is 60.7 Å². The Morgan fingerprint density at radius 3 is 2.10 bits per heavy atom. The third kappa shape index (κ3) is 6.56. The molecule has 2 nitrogen and oxygen atoms in total. The monoisotopic (exact) mass is 282 g/mol. The van der Waals surface area contributed by atoms with Crippen molar-refractivity contribution in [3.05, 3.63) is 71.8 Å². The fourth-order valence-corrected chi connectivity index (χ4v) is 2.43. The number of nitrogens with zero attached hydrogens (tertiary/aromatic N) is 1. The van der Waals surface area contributed by atoms with Crippen LogP contribution in [0.25, 0.3) is 0 Å². The van der Waals surface area contributed by atoms with Gasteiger partial charge in [0.25, 0.3) is 0 Å². The van der Waals surface area contributed by atoms with Crippen molar-refractivity contribution >= 4 is 0 Å². The fourth-order valence-electron chi connectivity index (χ4n) is 2.43. The standard InChI is InChI=1S/C19H26N2/c1-21(17-19-12-6-3-7-13-19)15-9-8-14-20-16-18-10-4-2-5-11-18/h2-7,10-13,20H,8-9,14-17H2,1H3. The molecule has 2 heteroatoms. The van der Waals surface area contributed by atoms with Crippen molar-refractivity contribution in [3.63, 3.8) is 0 Å². The zero-order chi connectivity index (χ0) is 14.8. The maximum Gasteiger partial charge on any atom is 0.0230 e. The first kappa shape index (κ1) is 15.7. The normalized spacial score (nSPS) is 11.0. The SMILES string of the molecule is CN(CCCCNCc1ccccc1)Cc1ccccc1. The van der Waals surface area contributed by atoms with E-state index >= 15 is 0 Å². The summed E-state index contributed by atoms with van der Waals surface area (Å²) in [4.78, 5) is 2.40. The molecule has 0 aromatic heterocycles. The lowest BCUT2D eigenvalue weighted by Gasteiger charge is -2.16. The van der Waals surface area contributed by atoms with Crippen LogP contribution < -0.4 is 5.32 Å². The molecule has 0 radical (unpaired) electrons. The quantitative estimate of drug-likeness (QED) is 0.706. The molecule has 1 N–H and O–H groups in total. The van der Waals surface area contributed by atoms with Gasteiger partial charge in [0, 0.05) is 13.1 Å². The first-order valence-electron chi connectivity index (χ1n) is 7.82. The molecule has 0 unspecified atom stereocenters. The Kier molecular flexibility index (Phi) is 6.99. The molecule has 0 aliphatic rings. The van der Waals surface area contributed by atoms with Crippen molar-refractivity contribution in [2.24, 2.45) is 0 Å². The third-order valence-corrected chi connectivity index (χ3v) is 3.61. The van der Waals surface area contributed by atoms with Gasteiger partial charge in [-0.3, -0.25) is 0 Å². The molecule has 0 heterocycles. The van der Waals surface area contributed by atoms with Crippen LogP contribution in [0, 0.1) is 0 Å². The molecule has 0 fully saturated rings. The molecule has 2 rings (SSSR count). The van der Waals surface area contributed by atoms with Crippen molar-refractivity contribution in [2.45, 2.75) is 25.9 Å². The van der Waals surface area contributed by atoms with E-state index in [1.54, 1.807) is 0 Å². The van der Waals surface area contributed by atoms with Crippen molar-refractivity contribution in [1.29, 1.82) is 0 Å². The summed E-state index contributed by atoms with van der Waals surface area (Å²) < 4.78 is 0. The van der Waals surface area contributed by atoms with Crippen molar-refractivity contribution in [1.82, 2.24) is 10.2 Å². The Bertz CT molecular complexity index is 481. The van der Waals surface area contributed by atoms with Gasteiger partial charge in [0.05, 0.1) is 0 Å². The molecule has 0 bridgehead atoms. The molecule has 2 aromatic rings. The van der Waals surface area contributed by atoms with Crippen molar-refractivity contribution < 1.29 is 0 Å². The van der Waals surface area contributed by atoms with Gasteiger partial charge in [-0.25, -0.2) is 0 Å². The Morgan fingerprint density at radius 1 is 0.810 bits per heavy atom. The van der Waals surface area contributed by atoms with Gasteiger partial charge >= 0.3 is 0 Å². The van der Waals surface area contributed by atoms with E-state index < -0.39 is 0 Å². The second kappa shape index (κ2) is 9.32. The van der Waals surface area contributed by atoms with Crippen LogP contribution in [0.5, 0.6) is 0 Å². The van der Waals surface area contributed by atoms with Crippen LogP contribution in [0.2, 0.25) is 0 Å². The van der Waals surface area contributed by atoms with Crippen LogP contribution in [0.1, 0.15) is 24.0 Å². The van der Waals surface area contributed by atoms with Gasteiger partial charge in [0.2, 0.25) is 0 Å². The summed E-state index contributed by atoms with van der Waals surface area (Å²) in [6.07, 6.45) is 2.47. The third-order valence-electron chi connectivity index (χ3n) is 3.61. The molecule has 21 heavy (non-hydrogen) atoms. The molecular formula is C19H26N2. The zero-order valence-electron chi connectivity index (χ0n) is 13.0. The van der Waals surface area contributed by atoms with Crippen LogP contribution in [-0.4, -0.2) is 25.0 Å². The summed E-state index contributed by atoms with van der Waals surface area (Å²) in [6.45, 7) is 4.26. The van der Waals surface area contributed by atoms with Gasteiger partial charge < -0.3 is 10.2 Å². The lowest BCUT2D eigenvalue weighted by atomic mass is 10.2. The molecule has 112 valence electrons. The fraction of sp³-hybridized carbons (Fsp3) is 0.368. The topological polar surface area (TPSA) is 15.3 Å². The Hall–Kier alpha value is -1.64. The van der Waals surface area contributed by atoms with E-state index in [9.17, 15) is 0 Å². The Labute approximate surface area is 128 Å². The number of benzene rings is 2. The lowest BCUT2D eigenvalue weighted by Crippen LogP contribution is -2.21. The zero-order valence-corrected chi connectivity index (χ0v) is 13.0. The molecule has 0 aliphatic carbocycles. The van der Waals surface area contributed by atoms with E-state index in [1.165, 1.54) is 24.0 Å². The summed E-state index contributed by atoms with van der Waals surface area (Å²) in [7, 11) is 2.20. The molecule has 0 atom stereocenters. The molecule has 0 aliphatic heterocycles. The van der Waals surface area contributed by atoms with Crippen molar-refractivity contribution in [3.8, 4) is 0 Å². The molecular weight excluding hydrogens is 256 g/mol. The summed E-state index contributed by atoms with van der Waals surface area (Å²) in [5.41, 5.74) is 2.75. The van der Waals surface area contributed by atoms with E-state index in [4.69, 9.17) is 0 Å². The van der Waals surface area contributed by atoms with Crippen LogP contribution >= 0.6 is 0 Å². The van der Waals surface area contributed by atoms with Gasteiger partial charge in [-0.2, -0.15) is 0 Å². The molecule has 0 amide bonds. The molecule has 0 spiro atoms. The number of unbranched alkanes of at least 4 members (excludes halogenated alkanes) is 1. The highest BCUT2D eigenvalue weighted by Crippen LogP contribution is 2.03. The van der Waals surface area contributed by atoms with Crippen LogP contribution in [0.3, 0.4) is 0 Å². The van der Waals surface area contributed by atoms with Gasteiger partial charge in [-0.05, 0) is 44.1 Å². The second-order valence-corrected chi connectivity index (χ2v) is 5.59. The van der Waals surface area contributed by atoms with E-state index in [-0.39, 0.29) is 0 Å². The van der Waals surface area contributed by atoms with Gasteiger partial charge in [0.15, 0.2) is 0 Å². The van der Waals surface area contributed by atoms with Crippen LogP contribution in [-0.2, 0) is 13.1 Å². The number of rotatable bonds is 9. The number of nitrogens with one attached hydrogen (secondary N) is 1. The molecule has 0 saturated heterocycles. The average Bonchev–Trinajstić information content (AvgIpc) is 2.53. The molecule has 0 saturated carbocycles. The smallest absolute Gasteiger partial charge is 0.0230 e. The van der Waals surface area contributed by atoms with E-state index in [0.29, 0.717) is 0 Å². The Balaban J connectivity index is 1.51.